The SMILES string of the molecule is CC(C)c1ccc(NS(=O)(=O)c2ccc3c(c2)C[C@@H](C)N3)cc1. The Kier molecular flexibility index (Phi) is 4.06. The molecule has 0 unspecified atom stereocenters. The topological polar surface area (TPSA) is 58.2 Å². The summed E-state index contributed by atoms with van der Waals surface area (Å²) in [5.41, 5.74) is 3.85. The fourth-order valence-electron chi connectivity index (χ4n) is 2.84. The summed E-state index contributed by atoms with van der Waals surface area (Å²) in [7, 11) is -3.56. The molecule has 1 heterocycles. The monoisotopic (exact) mass is 330 g/mol. The highest BCUT2D eigenvalue weighted by Crippen LogP contribution is 2.29. The van der Waals surface area contributed by atoms with Crippen LogP contribution < -0.4 is 10.0 Å². The van der Waals surface area contributed by atoms with Crippen molar-refractivity contribution < 1.29 is 8.42 Å². The van der Waals surface area contributed by atoms with Crippen molar-refractivity contribution in [1.29, 1.82) is 0 Å². The van der Waals surface area contributed by atoms with Crippen LogP contribution in [-0.2, 0) is 16.4 Å². The standard InChI is InChI=1S/C18H22N2O2S/c1-12(2)14-4-6-16(7-5-14)20-23(21,22)17-8-9-18-15(11-17)10-13(3)19-18/h4-9,11-13,19-20H,10H2,1-3H3/t13-/m1/s1. The van der Waals surface area contributed by atoms with Crippen molar-refractivity contribution in [3.05, 3.63) is 53.6 Å². The van der Waals surface area contributed by atoms with E-state index < -0.39 is 10.0 Å². The molecular formula is C18H22N2O2S. The van der Waals surface area contributed by atoms with E-state index in [0.29, 0.717) is 22.5 Å². The molecule has 3 rings (SSSR count). The minimum atomic E-state index is -3.56. The van der Waals surface area contributed by atoms with Gasteiger partial charge in [-0.25, -0.2) is 8.42 Å². The summed E-state index contributed by atoms with van der Waals surface area (Å²) in [6, 6.07) is 13.1. The Morgan fingerprint density at radius 2 is 1.83 bits per heavy atom. The summed E-state index contributed by atoms with van der Waals surface area (Å²) < 4.78 is 27.8. The second-order valence-corrected chi connectivity index (χ2v) is 8.13. The molecule has 0 bridgehead atoms. The molecule has 4 nitrogen and oxygen atoms in total. The molecule has 0 aromatic heterocycles. The molecule has 122 valence electrons. The number of hydrogen-bond donors (Lipinski definition) is 2. The summed E-state index contributed by atoms with van der Waals surface area (Å²) in [5.74, 6) is 0.423. The van der Waals surface area contributed by atoms with Crippen molar-refractivity contribution in [3.63, 3.8) is 0 Å². The molecule has 0 amide bonds. The van der Waals surface area contributed by atoms with Crippen LogP contribution in [0.4, 0.5) is 11.4 Å². The first-order chi connectivity index (χ1) is 10.8. The van der Waals surface area contributed by atoms with E-state index in [1.54, 1.807) is 12.1 Å². The molecule has 5 heteroatoms. The van der Waals surface area contributed by atoms with Gasteiger partial charge >= 0.3 is 0 Å². The van der Waals surface area contributed by atoms with Crippen LogP contribution in [0, 0.1) is 0 Å². The lowest BCUT2D eigenvalue weighted by Gasteiger charge is -2.11. The zero-order chi connectivity index (χ0) is 16.6. The van der Waals surface area contributed by atoms with Gasteiger partial charge in [0.05, 0.1) is 4.90 Å². The van der Waals surface area contributed by atoms with Crippen LogP contribution in [0.25, 0.3) is 0 Å². The number of nitrogens with one attached hydrogen (secondary N) is 2. The summed E-state index contributed by atoms with van der Waals surface area (Å²) in [4.78, 5) is 0.306. The van der Waals surface area contributed by atoms with E-state index in [-0.39, 0.29) is 0 Å². The van der Waals surface area contributed by atoms with Crippen molar-refractivity contribution in [3.8, 4) is 0 Å². The molecule has 2 N–H and O–H groups in total. The van der Waals surface area contributed by atoms with Gasteiger partial charge in [-0.15, -0.1) is 0 Å². The van der Waals surface area contributed by atoms with Crippen molar-refractivity contribution >= 4 is 21.4 Å². The fourth-order valence-corrected chi connectivity index (χ4v) is 3.95. The van der Waals surface area contributed by atoms with Crippen LogP contribution in [0.15, 0.2) is 47.4 Å². The molecule has 0 saturated heterocycles. The van der Waals surface area contributed by atoms with Gasteiger partial charge in [-0.3, -0.25) is 4.72 Å². The van der Waals surface area contributed by atoms with E-state index in [9.17, 15) is 8.42 Å². The molecule has 2 aromatic rings. The van der Waals surface area contributed by atoms with Gasteiger partial charge in [0.1, 0.15) is 0 Å². The average Bonchev–Trinajstić information content (AvgIpc) is 2.86. The maximum absolute atomic E-state index is 12.6. The zero-order valence-corrected chi connectivity index (χ0v) is 14.4. The third kappa shape index (κ3) is 3.34. The van der Waals surface area contributed by atoms with Gasteiger partial charge in [0, 0.05) is 17.4 Å². The Labute approximate surface area is 138 Å². The Morgan fingerprint density at radius 1 is 1.13 bits per heavy atom. The summed E-state index contributed by atoms with van der Waals surface area (Å²) in [6.07, 6.45) is 0.849. The first-order valence-electron chi connectivity index (χ1n) is 7.87. The molecule has 1 aliphatic rings. The molecular weight excluding hydrogens is 308 g/mol. The molecule has 0 saturated carbocycles. The van der Waals surface area contributed by atoms with E-state index in [1.165, 1.54) is 5.56 Å². The van der Waals surface area contributed by atoms with Crippen LogP contribution in [-0.4, -0.2) is 14.5 Å². The highest BCUT2D eigenvalue weighted by Gasteiger charge is 2.21. The van der Waals surface area contributed by atoms with Crippen molar-refractivity contribution in [2.24, 2.45) is 0 Å². The largest absolute Gasteiger partial charge is 0.382 e. The zero-order valence-electron chi connectivity index (χ0n) is 13.6. The molecule has 0 fully saturated rings. The Bertz CT molecular complexity index is 811. The molecule has 0 aliphatic carbocycles. The van der Waals surface area contributed by atoms with Gasteiger partial charge in [-0.1, -0.05) is 26.0 Å². The lowest BCUT2D eigenvalue weighted by molar-refractivity contribution is 0.601. The molecule has 1 atom stereocenters. The number of hydrogen-bond acceptors (Lipinski definition) is 3. The lowest BCUT2D eigenvalue weighted by atomic mass is 10.0. The van der Waals surface area contributed by atoms with E-state index in [0.717, 1.165) is 17.7 Å². The third-order valence-corrected chi connectivity index (χ3v) is 5.52. The second kappa shape index (κ2) is 5.89. The average molecular weight is 330 g/mol. The minimum absolute atomic E-state index is 0.306. The van der Waals surface area contributed by atoms with Crippen molar-refractivity contribution in [2.75, 3.05) is 10.0 Å². The number of fused-ring (bicyclic) bond motifs is 1. The first-order valence-corrected chi connectivity index (χ1v) is 9.36. The van der Waals surface area contributed by atoms with Crippen LogP contribution in [0.1, 0.15) is 37.8 Å². The van der Waals surface area contributed by atoms with E-state index in [2.05, 4.69) is 30.8 Å². The minimum Gasteiger partial charge on any atom is -0.382 e. The maximum atomic E-state index is 12.6. The van der Waals surface area contributed by atoms with Crippen molar-refractivity contribution in [2.45, 2.75) is 44.0 Å². The number of anilines is 2. The highest BCUT2D eigenvalue weighted by atomic mass is 32.2. The second-order valence-electron chi connectivity index (χ2n) is 6.45. The number of benzene rings is 2. The Balaban J connectivity index is 1.83. The van der Waals surface area contributed by atoms with Crippen LogP contribution >= 0.6 is 0 Å². The molecule has 1 aliphatic heterocycles. The van der Waals surface area contributed by atoms with Crippen LogP contribution in [0.3, 0.4) is 0 Å². The summed E-state index contributed by atoms with van der Waals surface area (Å²) >= 11 is 0. The Morgan fingerprint density at radius 3 is 2.48 bits per heavy atom. The van der Waals surface area contributed by atoms with E-state index in [1.807, 2.05) is 30.3 Å². The van der Waals surface area contributed by atoms with Crippen molar-refractivity contribution in [1.82, 2.24) is 0 Å². The quantitative estimate of drug-likeness (QED) is 0.892. The van der Waals surface area contributed by atoms with Gasteiger partial charge < -0.3 is 5.32 Å². The van der Waals surface area contributed by atoms with Gasteiger partial charge in [-0.05, 0) is 60.7 Å². The first kappa shape index (κ1) is 15.9. The number of sulfonamides is 1. The highest BCUT2D eigenvalue weighted by molar-refractivity contribution is 7.92. The fraction of sp³-hybridized carbons (Fsp3) is 0.333. The van der Waals surface area contributed by atoms with Crippen LogP contribution in [0.2, 0.25) is 0 Å². The smallest absolute Gasteiger partial charge is 0.261 e. The van der Waals surface area contributed by atoms with Gasteiger partial charge in [-0.2, -0.15) is 0 Å². The normalized spacial score (nSPS) is 17.0. The number of rotatable bonds is 4. The van der Waals surface area contributed by atoms with E-state index >= 15 is 0 Å². The molecule has 2 aromatic carbocycles. The predicted octanol–water partition coefficient (Wildman–Crippen LogP) is 3.97. The third-order valence-electron chi connectivity index (χ3n) is 4.14. The van der Waals surface area contributed by atoms with E-state index in [4.69, 9.17) is 0 Å². The molecule has 23 heavy (non-hydrogen) atoms. The van der Waals surface area contributed by atoms with Crippen LogP contribution in [0.5, 0.6) is 0 Å². The summed E-state index contributed by atoms with van der Waals surface area (Å²) in [5, 5.41) is 3.33. The Hall–Kier alpha value is -2.01. The maximum Gasteiger partial charge on any atom is 0.261 e. The molecule has 0 radical (unpaired) electrons. The predicted molar refractivity (Wildman–Crippen MR) is 94.6 cm³/mol. The van der Waals surface area contributed by atoms with Gasteiger partial charge in [0.15, 0.2) is 0 Å². The summed E-state index contributed by atoms with van der Waals surface area (Å²) in [6.45, 7) is 6.31. The van der Waals surface area contributed by atoms with Gasteiger partial charge in [0.25, 0.3) is 10.0 Å². The lowest BCUT2D eigenvalue weighted by Crippen LogP contribution is -2.13. The molecule has 0 spiro atoms. The van der Waals surface area contributed by atoms with Gasteiger partial charge in [0.2, 0.25) is 0 Å².